The summed E-state index contributed by atoms with van der Waals surface area (Å²) in [6, 6.07) is 0. The smallest absolute Gasteiger partial charge is 0.410 e. The van der Waals surface area contributed by atoms with Crippen molar-refractivity contribution in [1.29, 1.82) is 0 Å². The number of hydrogen-bond acceptors (Lipinski definition) is 5. The largest absolute Gasteiger partial charge is 0.466 e. The first-order chi connectivity index (χ1) is 21.2. The lowest BCUT2D eigenvalue weighted by atomic mass is 10.0. The second-order valence-corrected chi connectivity index (χ2v) is 14.5. The van der Waals surface area contributed by atoms with E-state index in [0.29, 0.717) is 18.9 Å². The van der Waals surface area contributed by atoms with E-state index in [0.717, 1.165) is 64.6 Å². The Bertz CT molecular complexity index is 693. The number of likely N-dealkylation sites (tertiary alicyclic amines) is 1. The van der Waals surface area contributed by atoms with E-state index in [2.05, 4.69) is 18.7 Å². The van der Waals surface area contributed by atoms with E-state index >= 15 is 0 Å². The lowest BCUT2D eigenvalue weighted by molar-refractivity contribution is -0.143. The Morgan fingerprint density at radius 2 is 1.18 bits per heavy atom. The molecule has 0 aromatic heterocycles. The number of nitrogens with zero attached hydrogens (tertiary/aromatic N) is 2. The first-order valence-electron chi connectivity index (χ1n) is 19.1. The third-order valence-corrected chi connectivity index (χ3v) is 8.99. The number of esters is 1. The van der Waals surface area contributed by atoms with Crippen molar-refractivity contribution in [3.8, 4) is 0 Å². The molecular weight excluding hydrogens is 548 g/mol. The monoisotopic (exact) mass is 623 g/mol. The fourth-order valence-electron chi connectivity index (χ4n) is 6.18. The van der Waals surface area contributed by atoms with Crippen molar-refractivity contribution in [2.45, 2.75) is 188 Å². The zero-order chi connectivity index (χ0) is 32.3. The van der Waals surface area contributed by atoms with Crippen molar-refractivity contribution < 1.29 is 19.1 Å². The van der Waals surface area contributed by atoms with Crippen LogP contribution in [0.2, 0.25) is 0 Å². The van der Waals surface area contributed by atoms with Crippen LogP contribution in [0.5, 0.6) is 0 Å². The van der Waals surface area contributed by atoms with Gasteiger partial charge in [-0.3, -0.25) is 4.79 Å². The molecule has 1 aliphatic heterocycles. The number of carbonyl (C=O) groups excluding carboxylic acids is 2. The molecule has 0 aromatic rings. The summed E-state index contributed by atoms with van der Waals surface area (Å²) >= 11 is 0. The third-order valence-electron chi connectivity index (χ3n) is 8.99. The van der Waals surface area contributed by atoms with E-state index in [4.69, 9.17) is 9.47 Å². The Hall–Kier alpha value is -1.30. The minimum atomic E-state index is -0.433. The van der Waals surface area contributed by atoms with Gasteiger partial charge in [0.1, 0.15) is 5.60 Å². The fourth-order valence-corrected chi connectivity index (χ4v) is 6.18. The van der Waals surface area contributed by atoms with Gasteiger partial charge in [0.2, 0.25) is 0 Å². The molecule has 6 nitrogen and oxygen atoms in total. The second-order valence-electron chi connectivity index (χ2n) is 14.5. The van der Waals surface area contributed by atoms with Gasteiger partial charge in [-0.2, -0.15) is 0 Å². The van der Waals surface area contributed by atoms with Crippen LogP contribution in [0.1, 0.15) is 182 Å². The third kappa shape index (κ3) is 24.0. The SMILES string of the molecule is CCCCCCCCCCCCCCN(CCCCCCCC(=O)OCCCCC)CCC1CCN(C(=O)OC(C)(C)C)C1. The van der Waals surface area contributed by atoms with Crippen LogP contribution in [0.4, 0.5) is 4.79 Å². The molecule has 0 N–H and O–H groups in total. The molecule has 1 saturated heterocycles. The van der Waals surface area contributed by atoms with E-state index in [-0.39, 0.29) is 12.1 Å². The molecule has 1 aliphatic rings. The Kier molecular flexibility index (Phi) is 24.9. The standard InChI is InChI=1S/C38H74N2O4/c1-6-8-10-11-12-13-14-15-16-17-20-23-29-39(30-24-21-18-19-22-26-36(41)43-33-25-9-7-2)31-27-35-28-32-40(34-35)37(42)44-38(3,4)5/h35H,6-34H2,1-5H3. The molecule has 0 spiro atoms. The van der Waals surface area contributed by atoms with Gasteiger partial charge in [0.05, 0.1) is 6.61 Å². The molecule has 6 heteroatoms. The normalized spacial score (nSPS) is 15.3. The average Bonchev–Trinajstić information content (AvgIpc) is 3.46. The maximum Gasteiger partial charge on any atom is 0.410 e. The quantitative estimate of drug-likeness (QED) is 0.0642. The van der Waals surface area contributed by atoms with Crippen molar-refractivity contribution in [3.05, 3.63) is 0 Å². The summed E-state index contributed by atoms with van der Waals surface area (Å²) in [5.41, 5.74) is -0.433. The molecule has 1 heterocycles. The van der Waals surface area contributed by atoms with E-state index in [9.17, 15) is 9.59 Å². The molecule has 0 saturated carbocycles. The highest BCUT2D eigenvalue weighted by Crippen LogP contribution is 2.23. The van der Waals surface area contributed by atoms with Crippen LogP contribution in [0, 0.1) is 5.92 Å². The highest BCUT2D eigenvalue weighted by atomic mass is 16.6. The molecule has 0 aliphatic carbocycles. The highest BCUT2D eigenvalue weighted by Gasteiger charge is 2.29. The number of carbonyl (C=O) groups is 2. The van der Waals surface area contributed by atoms with Gasteiger partial charge in [-0.15, -0.1) is 0 Å². The number of amides is 1. The maximum absolute atomic E-state index is 12.5. The van der Waals surface area contributed by atoms with Gasteiger partial charge in [0.15, 0.2) is 0 Å². The topological polar surface area (TPSA) is 59.1 Å². The van der Waals surface area contributed by atoms with Crippen molar-refractivity contribution >= 4 is 12.1 Å². The van der Waals surface area contributed by atoms with Crippen LogP contribution >= 0.6 is 0 Å². The predicted molar refractivity (Wildman–Crippen MR) is 186 cm³/mol. The molecule has 1 amide bonds. The molecule has 0 aromatic carbocycles. The highest BCUT2D eigenvalue weighted by molar-refractivity contribution is 5.69. The van der Waals surface area contributed by atoms with Crippen molar-refractivity contribution in [3.63, 3.8) is 0 Å². The molecule has 260 valence electrons. The first kappa shape index (κ1) is 40.7. The van der Waals surface area contributed by atoms with Crippen LogP contribution in [0.3, 0.4) is 0 Å². The van der Waals surface area contributed by atoms with Crippen LogP contribution in [-0.2, 0) is 14.3 Å². The summed E-state index contributed by atoms with van der Waals surface area (Å²) in [5, 5.41) is 0. The molecule has 1 rings (SSSR count). The minimum Gasteiger partial charge on any atom is -0.466 e. The Morgan fingerprint density at radius 1 is 0.682 bits per heavy atom. The Balaban J connectivity index is 2.28. The average molecular weight is 623 g/mol. The van der Waals surface area contributed by atoms with Crippen LogP contribution < -0.4 is 0 Å². The van der Waals surface area contributed by atoms with Crippen LogP contribution in [0.25, 0.3) is 0 Å². The summed E-state index contributed by atoms with van der Waals surface area (Å²) in [5.74, 6) is 0.556. The van der Waals surface area contributed by atoms with E-state index in [1.807, 2.05) is 25.7 Å². The summed E-state index contributed by atoms with van der Waals surface area (Å²) < 4.78 is 10.9. The molecular formula is C38H74N2O4. The summed E-state index contributed by atoms with van der Waals surface area (Å²) in [7, 11) is 0. The lowest BCUT2D eigenvalue weighted by Crippen LogP contribution is -2.35. The minimum absolute atomic E-state index is 0.0214. The molecule has 0 radical (unpaired) electrons. The van der Waals surface area contributed by atoms with E-state index in [1.54, 1.807) is 0 Å². The van der Waals surface area contributed by atoms with E-state index in [1.165, 1.54) is 109 Å². The lowest BCUT2D eigenvalue weighted by Gasteiger charge is -2.25. The number of ether oxygens (including phenoxy) is 2. The molecule has 1 unspecified atom stereocenters. The number of hydrogen-bond donors (Lipinski definition) is 0. The Labute approximate surface area is 273 Å². The van der Waals surface area contributed by atoms with E-state index < -0.39 is 5.60 Å². The van der Waals surface area contributed by atoms with Crippen LogP contribution in [-0.4, -0.2) is 66.8 Å². The van der Waals surface area contributed by atoms with Gasteiger partial charge in [-0.1, -0.05) is 117 Å². The first-order valence-corrected chi connectivity index (χ1v) is 19.1. The molecule has 0 bridgehead atoms. The summed E-state index contributed by atoms with van der Waals surface area (Å²) in [4.78, 5) is 29.0. The van der Waals surface area contributed by atoms with Crippen molar-refractivity contribution in [1.82, 2.24) is 9.80 Å². The van der Waals surface area contributed by atoms with Gasteiger partial charge in [0, 0.05) is 19.5 Å². The zero-order valence-corrected chi connectivity index (χ0v) is 30.1. The number of unbranched alkanes of at least 4 members (excludes halogenated alkanes) is 17. The number of rotatable bonds is 28. The Morgan fingerprint density at radius 3 is 1.73 bits per heavy atom. The van der Waals surface area contributed by atoms with Gasteiger partial charge >= 0.3 is 12.1 Å². The van der Waals surface area contributed by atoms with Crippen LogP contribution in [0.15, 0.2) is 0 Å². The molecule has 1 fully saturated rings. The van der Waals surface area contributed by atoms with Gasteiger partial charge in [-0.25, -0.2) is 4.79 Å². The molecule has 44 heavy (non-hydrogen) atoms. The van der Waals surface area contributed by atoms with Gasteiger partial charge in [0.25, 0.3) is 0 Å². The van der Waals surface area contributed by atoms with Crippen molar-refractivity contribution in [2.75, 3.05) is 39.3 Å². The second kappa shape index (κ2) is 26.9. The zero-order valence-electron chi connectivity index (χ0n) is 30.1. The van der Waals surface area contributed by atoms with Gasteiger partial charge < -0.3 is 19.3 Å². The predicted octanol–water partition coefficient (Wildman–Crippen LogP) is 10.7. The maximum atomic E-state index is 12.5. The van der Waals surface area contributed by atoms with Gasteiger partial charge in [-0.05, 0) is 84.8 Å². The fraction of sp³-hybridized carbons (Fsp3) is 0.947. The molecule has 1 atom stereocenters. The van der Waals surface area contributed by atoms with Crippen molar-refractivity contribution in [2.24, 2.45) is 5.92 Å². The summed E-state index contributed by atoms with van der Waals surface area (Å²) in [6.07, 6.45) is 28.3. The summed E-state index contributed by atoms with van der Waals surface area (Å²) in [6.45, 7) is 16.0.